The van der Waals surface area contributed by atoms with Crippen molar-refractivity contribution in [1.82, 2.24) is 0 Å². The minimum atomic E-state index is -4.26. The van der Waals surface area contributed by atoms with Gasteiger partial charge >= 0.3 is 0 Å². The van der Waals surface area contributed by atoms with Gasteiger partial charge in [-0.05, 0) is 56.8 Å². The second-order valence-electron chi connectivity index (χ2n) is 6.64. The van der Waals surface area contributed by atoms with Crippen LogP contribution in [-0.2, 0) is 15.9 Å². The van der Waals surface area contributed by atoms with E-state index in [2.05, 4.69) is 0 Å². The van der Waals surface area contributed by atoms with E-state index in [1.54, 1.807) is 18.2 Å². The van der Waals surface area contributed by atoms with Gasteiger partial charge in [0.05, 0.1) is 0 Å². The molecule has 4 rings (SSSR count). The summed E-state index contributed by atoms with van der Waals surface area (Å²) < 4.78 is 33.4. The van der Waals surface area contributed by atoms with Crippen LogP contribution >= 0.6 is 0 Å². The van der Waals surface area contributed by atoms with Crippen LogP contribution in [0.15, 0.2) is 84.9 Å². The van der Waals surface area contributed by atoms with Crippen molar-refractivity contribution in [1.29, 1.82) is 0 Å². The van der Waals surface area contributed by atoms with Gasteiger partial charge in [0.1, 0.15) is 11.5 Å². The van der Waals surface area contributed by atoms with E-state index in [0.29, 0.717) is 11.1 Å². The summed E-state index contributed by atoms with van der Waals surface area (Å²) in [4.78, 5) is 0. The Labute approximate surface area is 163 Å². The van der Waals surface area contributed by atoms with Crippen molar-refractivity contribution in [3.63, 3.8) is 0 Å². The van der Waals surface area contributed by atoms with Crippen LogP contribution in [0.4, 0.5) is 0 Å². The molecule has 0 heterocycles. The SMILES string of the molecule is O=S(=O)(O)Cc1c(-c2ccccc2)cc2cc(O)ccc2c1-c1ccccc1. The molecule has 2 N–H and O–H groups in total. The van der Waals surface area contributed by atoms with Crippen LogP contribution in [0.3, 0.4) is 0 Å². The van der Waals surface area contributed by atoms with Gasteiger partial charge in [0.25, 0.3) is 10.1 Å². The molecule has 0 fully saturated rings. The summed E-state index contributed by atoms with van der Waals surface area (Å²) in [5, 5.41) is 11.6. The second-order valence-corrected chi connectivity index (χ2v) is 8.09. The van der Waals surface area contributed by atoms with E-state index in [1.807, 2.05) is 66.7 Å². The molecule has 140 valence electrons. The number of aromatic hydroxyl groups is 1. The molecule has 0 aromatic heterocycles. The number of phenolic OH excluding ortho intramolecular Hbond substituents is 1. The van der Waals surface area contributed by atoms with Gasteiger partial charge < -0.3 is 5.11 Å². The largest absolute Gasteiger partial charge is 0.508 e. The molecule has 4 nitrogen and oxygen atoms in total. The molecular formula is C23H18O4S. The van der Waals surface area contributed by atoms with E-state index in [0.717, 1.165) is 27.5 Å². The predicted octanol–water partition coefficient (Wildman–Crippen LogP) is 5.27. The number of fused-ring (bicyclic) bond motifs is 1. The molecule has 4 aromatic rings. The minimum absolute atomic E-state index is 0.132. The van der Waals surface area contributed by atoms with Crippen LogP contribution < -0.4 is 0 Å². The molecule has 4 aromatic carbocycles. The summed E-state index contributed by atoms with van der Waals surface area (Å²) in [6.45, 7) is 0. The number of rotatable bonds is 4. The Balaban J connectivity index is 2.17. The van der Waals surface area contributed by atoms with Crippen LogP contribution in [0, 0.1) is 0 Å². The molecule has 0 aliphatic carbocycles. The fourth-order valence-electron chi connectivity index (χ4n) is 3.58. The Morgan fingerprint density at radius 3 is 1.96 bits per heavy atom. The minimum Gasteiger partial charge on any atom is -0.508 e. The van der Waals surface area contributed by atoms with E-state index < -0.39 is 15.9 Å². The maximum atomic E-state index is 11.9. The Morgan fingerprint density at radius 2 is 1.36 bits per heavy atom. The lowest BCUT2D eigenvalue weighted by Crippen LogP contribution is -2.06. The lowest BCUT2D eigenvalue weighted by molar-refractivity contribution is 0.476. The summed E-state index contributed by atoms with van der Waals surface area (Å²) >= 11 is 0. The fourth-order valence-corrected chi connectivity index (χ4v) is 4.24. The first-order valence-electron chi connectivity index (χ1n) is 8.77. The zero-order chi connectivity index (χ0) is 19.7. The molecule has 0 spiro atoms. The first kappa shape index (κ1) is 18.2. The molecule has 0 saturated heterocycles. The fraction of sp³-hybridized carbons (Fsp3) is 0.0435. The quantitative estimate of drug-likeness (QED) is 0.466. The highest BCUT2D eigenvalue weighted by Gasteiger charge is 2.20. The molecule has 28 heavy (non-hydrogen) atoms. The summed E-state index contributed by atoms with van der Waals surface area (Å²) in [7, 11) is -4.26. The van der Waals surface area contributed by atoms with Crippen molar-refractivity contribution in [3.05, 3.63) is 90.5 Å². The summed E-state index contributed by atoms with van der Waals surface area (Å²) in [6, 6.07) is 25.8. The highest BCUT2D eigenvalue weighted by molar-refractivity contribution is 7.85. The van der Waals surface area contributed by atoms with Crippen molar-refractivity contribution in [2.24, 2.45) is 0 Å². The van der Waals surface area contributed by atoms with E-state index in [-0.39, 0.29) is 5.75 Å². The molecule has 5 heteroatoms. The van der Waals surface area contributed by atoms with E-state index in [9.17, 15) is 18.1 Å². The summed E-state index contributed by atoms with van der Waals surface area (Å²) in [6.07, 6.45) is 0. The molecule has 0 unspecified atom stereocenters. The molecule has 0 bridgehead atoms. The average molecular weight is 390 g/mol. The maximum absolute atomic E-state index is 11.9. The Bertz CT molecular complexity index is 1250. The third-order valence-corrected chi connectivity index (χ3v) is 5.36. The van der Waals surface area contributed by atoms with Crippen molar-refractivity contribution < 1.29 is 18.1 Å². The number of hydrogen-bond acceptors (Lipinski definition) is 3. The molecular weight excluding hydrogens is 372 g/mol. The van der Waals surface area contributed by atoms with Crippen LogP contribution in [0.1, 0.15) is 5.56 Å². The van der Waals surface area contributed by atoms with Crippen molar-refractivity contribution in [2.45, 2.75) is 5.75 Å². The first-order valence-corrected chi connectivity index (χ1v) is 10.4. The second kappa shape index (κ2) is 7.11. The molecule has 0 atom stereocenters. The van der Waals surface area contributed by atoms with Crippen LogP contribution in [0.2, 0.25) is 0 Å². The molecule has 0 radical (unpaired) electrons. The van der Waals surface area contributed by atoms with Gasteiger partial charge in [0, 0.05) is 0 Å². The lowest BCUT2D eigenvalue weighted by Gasteiger charge is -2.18. The number of benzene rings is 4. The van der Waals surface area contributed by atoms with Gasteiger partial charge in [0.2, 0.25) is 0 Å². The lowest BCUT2D eigenvalue weighted by atomic mass is 9.88. The first-order chi connectivity index (χ1) is 13.4. The average Bonchev–Trinajstić information content (AvgIpc) is 2.68. The van der Waals surface area contributed by atoms with Crippen LogP contribution in [-0.4, -0.2) is 18.1 Å². The van der Waals surface area contributed by atoms with Crippen molar-refractivity contribution in [3.8, 4) is 28.0 Å². The standard InChI is InChI=1S/C23H18O4S/c24-19-11-12-20-18(13-19)14-21(16-7-3-1-4-8-16)22(15-28(25,26)27)23(20)17-9-5-2-6-10-17/h1-14,24H,15H2,(H,25,26,27). The highest BCUT2D eigenvalue weighted by Crippen LogP contribution is 2.40. The van der Waals surface area contributed by atoms with Gasteiger partial charge in [-0.15, -0.1) is 0 Å². The van der Waals surface area contributed by atoms with E-state index >= 15 is 0 Å². The third kappa shape index (κ3) is 3.63. The number of hydrogen-bond donors (Lipinski definition) is 2. The monoisotopic (exact) mass is 390 g/mol. The smallest absolute Gasteiger partial charge is 0.269 e. The molecule has 0 aliphatic rings. The topological polar surface area (TPSA) is 74.6 Å². The van der Waals surface area contributed by atoms with Gasteiger partial charge in [0.15, 0.2) is 0 Å². The Morgan fingerprint density at radius 1 is 0.750 bits per heavy atom. The van der Waals surface area contributed by atoms with Gasteiger partial charge in [-0.3, -0.25) is 4.55 Å². The maximum Gasteiger partial charge on any atom is 0.269 e. The van der Waals surface area contributed by atoms with E-state index in [4.69, 9.17) is 0 Å². The van der Waals surface area contributed by atoms with Gasteiger partial charge in [-0.25, -0.2) is 0 Å². The zero-order valence-electron chi connectivity index (χ0n) is 14.9. The summed E-state index contributed by atoms with van der Waals surface area (Å²) in [5.41, 5.74) is 3.64. The van der Waals surface area contributed by atoms with Gasteiger partial charge in [-0.2, -0.15) is 8.42 Å². The van der Waals surface area contributed by atoms with Crippen molar-refractivity contribution in [2.75, 3.05) is 0 Å². The Hall–Kier alpha value is -3.15. The summed E-state index contributed by atoms with van der Waals surface area (Å²) in [5.74, 6) is -0.369. The molecule has 0 aliphatic heterocycles. The van der Waals surface area contributed by atoms with Crippen molar-refractivity contribution >= 4 is 20.9 Å². The van der Waals surface area contributed by atoms with Crippen LogP contribution in [0.5, 0.6) is 5.75 Å². The normalized spacial score (nSPS) is 11.6. The van der Waals surface area contributed by atoms with E-state index in [1.165, 1.54) is 0 Å². The molecule has 0 saturated carbocycles. The predicted molar refractivity (Wildman–Crippen MR) is 112 cm³/mol. The zero-order valence-corrected chi connectivity index (χ0v) is 15.7. The third-order valence-electron chi connectivity index (χ3n) is 4.71. The molecule has 0 amide bonds. The highest BCUT2D eigenvalue weighted by atomic mass is 32.2. The number of phenols is 1. The van der Waals surface area contributed by atoms with Crippen LogP contribution in [0.25, 0.3) is 33.0 Å². The Kier molecular flexibility index (Phi) is 4.63. The van der Waals surface area contributed by atoms with Gasteiger partial charge in [-0.1, -0.05) is 66.7 Å².